The zero-order valence-electron chi connectivity index (χ0n) is 17.6. The van der Waals surface area contributed by atoms with Crippen molar-refractivity contribution in [2.75, 3.05) is 0 Å². The van der Waals surface area contributed by atoms with Gasteiger partial charge in [0.15, 0.2) is 0 Å². The largest absolute Gasteiger partial charge is 0.0917 e. The average Bonchev–Trinajstić information content (AvgIpc) is 2.71. The summed E-state index contributed by atoms with van der Waals surface area (Å²) in [5, 5.41) is 2.83. The van der Waals surface area contributed by atoms with E-state index in [0.29, 0.717) is 0 Å². The van der Waals surface area contributed by atoms with Crippen molar-refractivity contribution in [2.24, 2.45) is 0 Å². The van der Waals surface area contributed by atoms with Crippen LogP contribution in [0.25, 0.3) is 10.8 Å². The summed E-state index contributed by atoms with van der Waals surface area (Å²) in [6.07, 6.45) is 24.0. The van der Waals surface area contributed by atoms with E-state index in [2.05, 4.69) is 61.5 Å². The third kappa shape index (κ3) is 9.27. The lowest BCUT2D eigenvalue weighted by atomic mass is 9.99. The number of hydrogen-bond acceptors (Lipinski definition) is 0. The molecule has 148 valence electrons. The SMILES string of the molecule is C/C=C/CCCCCCCCCCCCCCc1cccc2ccccc12. The van der Waals surface area contributed by atoms with E-state index in [1.807, 2.05) is 0 Å². The highest BCUT2D eigenvalue weighted by atomic mass is 14.1. The maximum atomic E-state index is 2.31. The van der Waals surface area contributed by atoms with Gasteiger partial charge < -0.3 is 0 Å². The van der Waals surface area contributed by atoms with E-state index in [-0.39, 0.29) is 0 Å². The van der Waals surface area contributed by atoms with Gasteiger partial charge in [0.2, 0.25) is 0 Å². The average molecular weight is 365 g/mol. The molecule has 0 aromatic heterocycles. The van der Waals surface area contributed by atoms with E-state index in [0.717, 1.165) is 0 Å². The van der Waals surface area contributed by atoms with Gasteiger partial charge in [-0.25, -0.2) is 0 Å². The number of allylic oxidation sites excluding steroid dienone is 2. The standard InChI is InChI=1S/C27H40/c1-2-3-4-5-6-7-8-9-10-11-12-13-14-15-16-20-25-22-19-23-26-21-17-18-24-27(25)26/h2-3,17-19,21-24H,4-16,20H2,1H3/b3-2+. The van der Waals surface area contributed by atoms with Gasteiger partial charge in [0.05, 0.1) is 0 Å². The minimum absolute atomic E-state index is 1.23. The fraction of sp³-hybridized carbons (Fsp3) is 0.556. The molecule has 0 bridgehead atoms. The lowest BCUT2D eigenvalue weighted by molar-refractivity contribution is 0.541. The van der Waals surface area contributed by atoms with Gasteiger partial charge in [-0.2, -0.15) is 0 Å². The van der Waals surface area contributed by atoms with Gasteiger partial charge >= 0.3 is 0 Å². The van der Waals surface area contributed by atoms with Crippen molar-refractivity contribution in [3.63, 3.8) is 0 Å². The minimum atomic E-state index is 1.23. The highest BCUT2D eigenvalue weighted by Crippen LogP contribution is 2.21. The van der Waals surface area contributed by atoms with Gasteiger partial charge in [-0.15, -0.1) is 0 Å². The summed E-state index contributed by atoms with van der Waals surface area (Å²) >= 11 is 0. The Morgan fingerprint density at radius 3 is 1.81 bits per heavy atom. The molecule has 0 aliphatic carbocycles. The highest BCUT2D eigenvalue weighted by Gasteiger charge is 2.00. The van der Waals surface area contributed by atoms with Crippen LogP contribution in [-0.4, -0.2) is 0 Å². The first-order valence-corrected chi connectivity index (χ1v) is 11.5. The minimum Gasteiger partial charge on any atom is -0.0917 e. The van der Waals surface area contributed by atoms with Crippen molar-refractivity contribution in [3.8, 4) is 0 Å². The van der Waals surface area contributed by atoms with Crippen molar-refractivity contribution in [1.29, 1.82) is 0 Å². The molecule has 0 atom stereocenters. The molecular weight excluding hydrogens is 324 g/mol. The van der Waals surface area contributed by atoms with Crippen LogP contribution >= 0.6 is 0 Å². The second-order valence-electron chi connectivity index (χ2n) is 7.99. The van der Waals surface area contributed by atoms with Gasteiger partial charge in [-0.05, 0) is 48.9 Å². The Balaban J connectivity index is 1.41. The zero-order chi connectivity index (χ0) is 19.0. The quantitative estimate of drug-likeness (QED) is 0.218. The second-order valence-corrected chi connectivity index (χ2v) is 7.99. The van der Waals surface area contributed by atoms with Crippen LogP contribution in [0.2, 0.25) is 0 Å². The summed E-state index contributed by atoms with van der Waals surface area (Å²) in [6, 6.07) is 15.5. The molecule has 0 nitrogen and oxygen atoms in total. The molecule has 2 aromatic rings. The Kier molecular flexibility index (Phi) is 11.7. The van der Waals surface area contributed by atoms with E-state index < -0.39 is 0 Å². The molecule has 0 spiro atoms. The summed E-state index contributed by atoms with van der Waals surface area (Å²) in [7, 11) is 0. The van der Waals surface area contributed by atoms with Gasteiger partial charge in [-0.1, -0.05) is 119 Å². The Morgan fingerprint density at radius 2 is 1.15 bits per heavy atom. The first-order chi connectivity index (χ1) is 13.4. The molecule has 0 aliphatic rings. The van der Waals surface area contributed by atoms with Crippen LogP contribution < -0.4 is 0 Å². The van der Waals surface area contributed by atoms with Crippen molar-refractivity contribution < 1.29 is 0 Å². The Bertz CT molecular complexity index is 632. The molecule has 0 saturated heterocycles. The first kappa shape index (κ1) is 21.7. The van der Waals surface area contributed by atoms with Gasteiger partial charge in [0, 0.05) is 0 Å². The maximum absolute atomic E-state index is 2.31. The van der Waals surface area contributed by atoms with Gasteiger partial charge in [0.1, 0.15) is 0 Å². The van der Waals surface area contributed by atoms with E-state index in [1.165, 1.54) is 106 Å². The number of fused-ring (bicyclic) bond motifs is 1. The van der Waals surface area contributed by atoms with Crippen LogP contribution in [0.5, 0.6) is 0 Å². The zero-order valence-corrected chi connectivity index (χ0v) is 17.6. The van der Waals surface area contributed by atoms with E-state index >= 15 is 0 Å². The number of aryl methyl sites for hydroxylation is 1. The highest BCUT2D eigenvalue weighted by molar-refractivity contribution is 5.85. The fourth-order valence-corrected chi connectivity index (χ4v) is 4.02. The monoisotopic (exact) mass is 364 g/mol. The molecule has 0 amide bonds. The van der Waals surface area contributed by atoms with Crippen molar-refractivity contribution in [2.45, 2.75) is 96.8 Å². The molecule has 0 unspecified atom stereocenters. The van der Waals surface area contributed by atoms with E-state index in [4.69, 9.17) is 0 Å². The maximum Gasteiger partial charge on any atom is -0.0152 e. The molecular formula is C27H40. The molecule has 27 heavy (non-hydrogen) atoms. The number of hydrogen-bond donors (Lipinski definition) is 0. The Hall–Kier alpha value is -1.56. The predicted octanol–water partition coefficient (Wildman–Crippen LogP) is 9.03. The van der Waals surface area contributed by atoms with Crippen LogP contribution in [0.15, 0.2) is 54.6 Å². The van der Waals surface area contributed by atoms with Crippen LogP contribution in [0.4, 0.5) is 0 Å². The molecule has 0 heteroatoms. The molecule has 0 heterocycles. The predicted molar refractivity (Wildman–Crippen MR) is 122 cm³/mol. The molecule has 2 rings (SSSR count). The summed E-state index contributed by atoms with van der Waals surface area (Å²) < 4.78 is 0. The summed E-state index contributed by atoms with van der Waals surface area (Å²) in [5.74, 6) is 0. The smallest absolute Gasteiger partial charge is 0.0152 e. The number of benzene rings is 2. The summed E-state index contributed by atoms with van der Waals surface area (Å²) in [4.78, 5) is 0. The molecule has 0 fully saturated rings. The third-order valence-electron chi connectivity index (χ3n) is 5.68. The molecule has 0 N–H and O–H groups in total. The van der Waals surface area contributed by atoms with Gasteiger partial charge in [-0.3, -0.25) is 0 Å². The Morgan fingerprint density at radius 1 is 0.593 bits per heavy atom. The van der Waals surface area contributed by atoms with Crippen LogP contribution in [0.3, 0.4) is 0 Å². The van der Waals surface area contributed by atoms with E-state index in [1.54, 1.807) is 0 Å². The lowest BCUT2D eigenvalue weighted by Crippen LogP contribution is -1.88. The fourth-order valence-electron chi connectivity index (χ4n) is 4.02. The summed E-state index contributed by atoms with van der Waals surface area (Å²) in [6.45, 7) is 2.12. The summed E-state index contributed by atoms with van der Waals surface area (Å²) in [5.41, 5.74) is 1.53. The number of rotatable bonds is 15. The topological polar surface area (TPSA) is 0 Å². The normalized spacial score (nSPS) is 11.6. The molecule has 2 aromatic carbocycles. The van der Waals surface area contributed by atoms with Gasteiger partial charge in [0.25, 0.3) is 0 Å². The van der Waals surface area contributed by atoms with Crippen molar-refractivity contribution in [1.82, 2.24) is 0 Å². The van der Waals surface area contributed by atoms with Crippen LogP contribution in [0, 0.1) is 0 Å². The molecule has 0 saturated carbocycles. The number of unbranched alkanes of at least 4 members (excludes halogenated alkanes) is 12. The van der Waals surface area contributed by atoms with Crippen molar-refractivity contribution >= 4 is 10.8 Å². The van der Waals surface area contributed by atoms with E-state index in [9.17, 15) is 0 Å². The lowest BCUT2D eigenvalue weighted by Gasteiger charge is -2.07. The molecule has 0 radical (unpaired) electrons. The van der Waals surface area contributed by atoms with Crippen molar-refractivity contribution in [3.05, 3.63) is 60.2 Å². The Labute approximate surface area is 168 Å². The molecule has 0 aliphatic heterocycles. The third-order valence-corrected chi connectivity index (χ3v) is 5.68. The second kappa shape index (κ2) is 14.5. The van der Waals surface area contributed by atoms with Crippen LogP contribution in [-0.2, 0) is 6.42 Å². The van der Waals surface area contributed by atoms with Crippen LogP contribution in [0.1, 0.15) is 96.0 Å². The first-order valence-electron chi connectivity index (χ1n) is 11.5.